The van der Waals surface area contributed by atoms with Crippen molar-refractivity contribution in [1.82, 2.24) is 0 Å². The van der Waals surface area contributed by atoms with Gasteiger partial charge in [0, 0.05) is 13.2 Å². The summed E-state index contributed by atoms with van der Waals surface area (Å²) < 4.78 is 0. The molecule has 2 saturated carbocycles. The zero-order valence-corrected chi connectivity index (χ0v) is 15.6. The fourth-order valence-electron chi connectivity index (χ4n) is 6.08. The van der Waals surface area contributed by atoms with Crippen molar-refractivity contribution < 1.29 is 15.3 Å². The lowest BCUT2D eigenvalue weighted by Crippen LogP contribution is -2.58. The fraction of sp³-hybridized carbons (Fsp3) is 1.00. The first-order valence-electron chi connectivity index (χ1n) is 9.64. The molecular weight excluding hydrogens is 288 g/mol. The first-order chi connectivity index (χ1) is 10.7. The minimum Gasteiger partial charge on any atom is -0.396 e. The van der Waals surface area contributed by atoms with Crippen LogP contribution in [-0.2, 0) is 0 Å². The molecule has 0 unspecified atom stereocenters. The summed E-state index contributed by atoms with van der Waals surface area (Å²) in [4.78, 5) is 0. The summed E-state index contributed by atoms with van der Waals surface area (Å²) >= 11 is 0. The maximum absolute atomic E-state index is 11.1. The van der Waals surface area contributed by atoms with Crippen molar-refractivity contribution in [2.75, 3.05) is 13.2 Å². The van der Waals surface area contributed by atoms with Gasteiger partial charge in [-0.25, -0.2) is 0 Å². The van der Waals surface area contributed by atoms with Gasteiger partial charge in [0.25, 0.3) is 0 Å². The molecule has 2 rings (SSSR count). The van der Waals surface area contributed by atoms with Crippen LogP contribution in [0.25, 0.3) is 0 Å². The Kier molecular flexibility index (Phi) is 5.86. The van der Waals surface area contributed by atoms with Crippen LogP contribution in [0.5, 0.6) is 0 Å². The number of fused-ring (bicyclic) bond motifs is 1. The first kappa shape index (κ1) is 19.2. The minimum absolute atomic E-state index is 0.0124. The van der Waals surface area contributed by atoms with Crippen LogP contribution in [0.4, 0.5) is 0 Å². The average molecular weight is 327 g/mol. The second-order valence-corrected chi connectivity index (χ2v) is 9.37. The molecule has 0 radical (unpaired) electrons. The molecule has 2 aliphatic carbocycles. The SMILES string of the molecule is C[C@H](CCO)CC[C@@H]1[C@@]2(C)CCC[C@@](C)(CO)[C@@H]2CC[C@@]1(C)O. The zero-order chi connectivity index (χ0) is 17.3. The molecule has 0 heterocycles. The van der Waals surface area contributed by atoms with Crippen molar-refractivity contribution in [3.05, 3.63) is 0 Å². The van der Waals surface area contributed by atoms with Gasteiger partial charge in [0.15, 0.2) is 0 Å². The van der Waals surface area contributed by atoms with Gasteiger partial charge >= 0.3 is 0 Å². The van der Waals surface area contributed by atoms with E-state index >= 15 is 0 Å². The molecule has 0 aromatic heterocycles. The van der Waals surface area contributed by atoms with E-state index in [1.54, 1.807) is 0 Å². The molecule has 3 heteroatoms. The van der Waals surface area contributed by atoms with E-state index in [0.29, 0.717) is 17.8 Å². The van der Waals surface area contributed by atoms with Crippen LogP contribution in [0.2, 0.25) is 0 Å². The van der Waals surface area contributed by atoms with Crippen LogP contribution in [0, 0.1) is 28.6 Å². The highest BCUT2D eigenvalue weighted by atomic mass is 16.3. The van der Waals surface area contributed by atoms with Gasteiger partial charge in [-0.15, -0.1) is 0 Å². The molecule has 23 heavy (non-hydrogen) atoms. The van der Waals surface area contributed by atoms with Gasteiger partial charge in [-0.3, -0.25) is 0 Å². The lowest BCUT2D eigenvalue weighted by molar-refractivity contribution is -0.180. The first-order valence-corrected chi connectivity index (χ1v) is 9.64. The fourth-order valence-corrected chi connectivity index (χ4v) is 6.08. The smallest absolute Gasteiger partial charge is 0.0653 e. The highest BCUT2D eigenvalue weighted by Gasteiger charge is 2.58. The average Bonchev–Trinajstić information content (AvgIpc) is 2.46. The van der Waals surface area contributed by atoms with E-state index in [1.807, 2.05) is 6.92 Å². The van der Waals surface area contributed by atoms with Crippen LogP contribution in [0.15, 0.2) is 0 Å². The Morgan fingerprint density at radius 1 is 1.04 bits per heavy atom. The molecule has 136 valence electrons. The van der Waals surface area contributed by atoms with Gasteiger partial charge in [0.2, 0.25) is 0 Å². The Morgan fingerprint density at radius 3 is 2.35 bits per heavy atom. The molecule has 3 nitrogen and oxygen atoms in total. The molecule has 0 spiro atoms. The summed E-state index contributed by atoms with van der Waals surface area (Å²) in [5, 5.41) is 30.3. The quantitative estimate of drug-likeness (QED) is 0.696. The number of hydrogen-bond donors (Lipinski definition) is 3. The zero-order valence-electron chi connectivity index (χ0n) is 15.6. The predicted octanol–water partition coefficient (Wildman–Crippen LogP) is 3.75. The summed E-state index contributed by atoms with van der Waals surface area (Å²) in [5.74, 6) is 1.31. The van der Waals surface area contributed by atoms with Gasteiger partial charge in [-0.2, -0.15) is 0 Å². The van der Waals surface area contributed by atoms with Crippen LogP contribution in [0.1, 0.15) is 79.1 Å². The standard InChI is InChI=1S/C20H38O3/c1-15(9-13-21)6-7-17-19(3)11-5-10-18(2,14-22)16(19)8-12-20(17,4)23/h15-17,21-23H,5-14H2,1-4H3/t15-,16-,17+,18-,19-,20+/m0/s1. The van der Waals surface area contributed by atoms with Crippen molar-refractivity contribution in [3.63, 3.8) is 0 Å². The summed E-state index contributed by atoms with van der Waals surface area (Å²) in [6, 6.07) is 0. The van der Waals surface area contributed by atoms with Gasteiger partial charge in [0.1, 0.15) is 0 Å². The van der Waals surface area contributed by atoms with E-state index in [0.717, 1.165) is 44.9 Å². The summed E-state index contributed by atoms with van der Waals surface area (Å²) in [6.07, 6.45) is 8.27. The lowest BCUT2D eigenvalue weighted by atomic mass is 9.45. The Morgan fingerprint density at radius 2 is 1.74 bits per heavy atom. The third kappa shape index (κ3) is 3.62. The van der Waals surface area contributed by atoms with E-state index in [2.05, 4.69) is 20.8 Å². The van der Waals surface area contributed by atoms with E-state index in [1.165, 1.54) is 6.42 Å². The Hall–Kier alpha value is -0.120. The molecule has 6 atom stereocenters. The normalized spacial score (nSPS) is 45.5. The molecule has 0 amide bonds. The van der Waals surface area contributed by atoms with Crippen LogP contribution in [-0.4, -0.2) is 34.1 Å². The molecule has 2 aliphatic rings. The molecule has 0 aliphatic heterocycles. The monoisotopic (exact) mass is 326 g/mol. The maximum Gasteiger partial charge on any atom is 0.0653 e. The van der Waals surface area contributed by atoms with Gasteiger partial charge in [0.05, 0.1) is 5.60 Å². The van der Waals surface area contributed by atoms with Gasteiger partial charge < -0.3 is 15.3 Å². The van der Waals surface area contributed by atoms with Gasteiger partial charge in [-0.1, -0.05) is 33.6 Å². The van der Waals surface area contributed by atoms with E-state index in [-0.39, 0.29) is 24.0 Å². The Balaban J connectivity index is 2.22. The highest BCUT2D eigenvalue weighted by molar-refractivity contribution is 5.08. The number of rotatable bonds is 6. The van der Waals surface area contributed by atoms with E-state index in [9.17, 15) is 10.2 Å². The van der Waals surface area contributed by atoms with Crippen molar-refractivity contribution in [2.24, 2.45) is 28.6 Å². The third-order valence-corrected chi connectivity index (χ3v) is 7.52. The van der Waals surface area contributed by atoms with Crippen LogP contribution >= 0.6 is 0 Å². The largest absolute Gasteiger partial charge is 0.396 e. The third-order valence-electron chi connectivity index (χ3n) is 7.52. The molecule has 0 bridgehead atoms. The second kappa shape index (κ2) is 7.01. The Labute approximate surface area is 142 Å². The second-order valence-electron chi connectivity index (χ2n) is 9.37. The van der Waals surface area contributed by atoms with Crippen molar-refractivity contribution in [2.45, 2.75) is 84.7 Å². The van der Waals surface area contributed by atoms with Crippen molar-refractivity contribution in [1.29, 1.82) is 0 Å². The molecule has 2 fully saturated rings. The summed E-state index contributed by atoms with van der Waals surface area (Å²) in [6.45, 7) is 9.38. The molecule has 3 N–H and O–H groups in total. The van der Waals surface area contributed by atoms with Crippen LogP contribution < -0.4 is 0 Å². The van der Waals surface area contributed by atoms with Crippen molar-refractivity contribution in [3.8, 4) is 0 Å². The van der Waals surface area contributed by atoms with Crippen molar-refractivity contribution >= 4 is 0 Å². The lowest BCUT2D eigenvalue weighted by Gasteiger charge is -2.61. The molecule has 0 aromatic rings. The predicted molar refractivity (Wildman–Crippen MR) is 94.1 cm³/mol. The molecule has 0 aromatic carbocycles. The molecular formula is C20H38O3. The highest BCUT2D eigenvalue weighted by Crippen LogP contribution is 2.63. The topological polar surface area (TPSA) is 60.7 Å². The van der Waals surface area contributed by atoms with Gasteiger partial charge in [-0.05, 0) is 74.0 Å². The summed E-state index contributed by atoms with van der Waals surface area (Å²) in [7, 11) is 0. The maximum atomic E-state index is 11.1. The van der Waals surface area contributed by atoms with E-state index < -0.39 is 5.60 Å². The van der Waals surface area contributed by atoms with E-state index in [4.69, 9.17) is 5.11 Å². The number of aliphatic hydroxyl groups excluding tert-OH is 2. The van der Waals surface area contributed by atoms with Crippen LogP contribution in [0.3, 0.4) is 0 Å². The Bertz CT molecular complexity index is 394. The number of aliphatic hydroxyl groups is 3. The molecule has 0 saturated heterocycles. The minimum atomic E-state index is -0.599. The number of hydrogen-bond acceptors (Lipinski definition) is 3. The summed E-state index contributed by atoms with van der Waals surface area (Å²) in [5.41, 5.74) is -0.466.